The summed E-state index contributed by atoms with van der Waals surface area (Å²) in [6.07, 6.45) is 1.49. The largest absolute Gasteiger partial charge is 0.465 e. The van der Waals surface area contributed by atoms with Crippen molar-refractivity contribution in [3.63, 3.8) is 0 Å². The van der Waals surface area contributed by atoms with Crippen LogP contribution in [0.3, 0.4) is 0 Å². The highest BCUT2D eigenvalue weighted by atomic mass is 16.6. The number of likely N-dealkylation sites (tertiary alicyclic amines) is 2. The molecule has 0 saturated carbocycles. The van der Waals surface area contributed by atoms with Gasteiger partial charge in [-0.15, -0.1) is 0 Å². The molecular weight excluding hydrogens is 496 g/mol. The second-order valence-electron chi connectivity index (χ2n) is 9.82. The lowest BCUT2D eigenvalue weighted by molar-refractivity contribution is -0.155. The molecule has 38 heavy (non-hydrogen) atoms. The number of rotatable bonds is 10. The van der Waals surface area contributed by atoms with Crippen LogP contribution in [0.5, 0.6) is 0 Å². The number of oxime groups is 1. The Kier molecular flexibility index (Phi) is 10.5. The maximum atomic E-state index is 12.9. The summed E-state index contributed by atoms with van der Waals surface area (Å²) < 4.78 is 11.0. The fourth-order valence-electron chi connectivity index (χ4n) is 4.65. The van der Waals surface area contributed by atoms with Crippen molar-refractivity contribution < 1.29 is 39.0 Å². The third-order valence-corrected chi connectivity index (χ3v) is 7.08. The van der Waals surface area contributed by atoms with E-state index < -0.39 is 18.0 Å². The quantitative estimate of drug-likeness (QED) is 0.102. The maximum Gasteiger partial charge on any atom is 0.407 e. The molecule has 12 heteroatoms. The Hall–Kier alpha value is -3.67. The number of hydrogen-bond donors (Lipinski definition) is 3. The van der Waals surface area contributed by atoms with Crippen LogP contribution in [-0.4, -0.2) is 95.2 Å². The van der Waals surface area contributed by atoms with Gasteiger partial charge >= 0.3 is 12.1 Å². The number of esters is 1. The van der Waals surface area contributed by atoms with Crippen LogP contribution in [0.15, 0.2) is 29.4 Å². The molecule has 0 aromatic heterocycles. The molecule has 2 fully saturated rings. The van der Waals surface area contributed by atoms with E-state index in [-0.39, 0.29) is 49.2 Å². The molecule has 0 aliphatic carbocycles. The zero-order chi connectivity index (χ0) is 27.7. The predicted molar refractivity (Wildman–Crippen MR) is 136 cm³/mol. The monoisotopic (exact) mass is 532 g/mol. The summed E-state index contributed by atoms with van der Waals surface area (Å²) in [6, 6.07) is 6.34. The van der Waals surface area contributed by atoms with Crippen molar-refractivity contribution in [2.24, 2.45) is 22.7 Å². The molecule has 208 valence electrons. The Morgan fingerprint density at radius 2 is 1.58 bits per heavy atom. The molecule has 0 spiro atoms. The lowest BCUT2D eigenvalue weighted by Gasteiger charge is -2.33. The highest BCUT2D eigenvalue weighted by Gasteiger charge is 2.28. The van der Waals surface area contributed by atoms with Gasteiger partial charge in [0.05, 0.1) is 12.7 Å². The van der Waals surface area contributed by atoms with E-state index in [2.05, 4.69) is 5.16 Å². The normalized spacial score (nSPS) is 18.2. The number of carbonyl (C=O) groups is 4. The van der Waals surface area contributed by atoms with E-state index in [1.54, 1.807) is 36.1 Å². The van der Waals surface area contributed by atoms with Crippen molar-refractivity contribution in [2.75, 3.05) is 39.4 Å². The minimum Gasteiger partial charge on any atom is -0.465 e. The van der Waals surface area contributed by atoms with Crippen molar-refractivity contribution in [1.29, 1.82) is 0 Å². The average Bonchev–Trinajstić information content (AvgIpc) is 2.94. The van der Waals surface area contributed by atoms with E-state index in [4.69, 9.17) is 25.5 Å². The van der Waals surface area contributed by atoms with Gasteiger partial charge in [0.2, 0.25) is 5.91 Å². The molecule has 0 bridgehead atoms. The van der Waals surface area contributed by atoms with Gasteiger partial charge in [0.15, 0.2) is 11.6 Å². The number of benzene rings is 1. The minimum atomic E-state index is -0.923. The first-order chi connectivity index (χ1) is 18.2. The van der Waals surface area contributed by atoms with Crippen molar-refractivity contribution in [1.82, 2.24) is 9.80 Å². The number of amidine groups is 1. The summed E-state index contributed by atoms with van der Waals surface area (Å²) in [4.78, 5) is 51.6. The average molecular weight is 533 g/mol. The molecule has 1 aromatic carbocycles. The van der Waals surface area contributed by atoms with Crippen molar-refractivity contribution in [3.8, 4) is 0 Å². The fourth-order valence-corrected chi connectivity index (χ4v) is 4.65. The predicted octanol–water partition coefficient (Wildman–Crippen LogP) is 1.93. The summed E-state index contributed by atoms with van der Waals surface area (Å²) >= 11 is 0. The number of nitrogens with zero attached hydrogens (tertiary/aromatic N) is 3. The van der Waals surface area contributed by atoms with Crippen molar-refractivity contribution >= 4 is 29.6 Å². The third kappa shape index (κ3) is 8.17. The van der Waals surface area contributed by atoms with E-state index in [0.717, 1.165) is 0 Å². The zero-order valence-electron chi connectivity index (χ0n) is 21.6. The van der Waals surface area contributed by atoms with Gasteiger partial charge in [-0.3, -0.25) is 9.59 Å². The van der Waals surface area contributed by atoms with Crippen molar-refractivity contribution in [3.05, 3.63) is 35.4 Å². The summed E-state index contributed by atoms with van der Waals surface area (Å²) in [5.74, 6) is -1.10. The fraction of sp³-hybridized carbons (Fsp3) is 0.577. The number of hydrogen-bond acceptors (Lipinski definition) is 8. The van der Waals surface area contributed by atoms with Crippen LogP contribution in [-0.2, 0) is 19.1 Å². The third-order valence-electron chi connectivity index (χ3n) is 7.08. The molecule has 3 rings (SSSR count). The van der Waals surface area contributed by atoms with E-state index in [1.165, 1.54) is 4.90 Å². The lowest BCUT2D eigenvalue weighted by Crippen LogP contribution is -2.43. The lowest BCUT2D eigenvalue weighted by atomic mass is 9.96. The molecule has 2 heterocycles. The highest BCUT2D eigenvalue weighted by molar-refractivity contribution is 6.01. The molecule has 12 nitrogen and oxygen atoms in total. The second kappa shape index (κ2) is 13.8. The second-order valence-corrected chi connectivity index (χ2v) is 9.82. The number of carbonyl (C=O) groups excluding carboxylic acids is 3. The first-order valence-electron chi connectivity index (χ1n) is 12.8. The summed E-state index contributed by atoms with van der Waals surface area (Å²) in [5, 5.41) is 20.7. The standard InChI is InChI=1S/C26H36N4O8/c1-17(14-22(31)19-2-4-20(5-3-19)24(27)28-36)25(33)29-12-8-21(9-13-29)37-16-23(32)38-15-18-6-10-30(11-7-18)26(34)35/h2-5,17-18,21,36H,6-16H2,1H3,(H2,27,28)(H,34,35)/t17-/m1/s1. The Morgan fingerprint density at radius 3 is 2.16 bits per heavy atom. The summed E-state index contributed by atoms with van der Waals surface area (Å²) in [6.45, 7) is 3.68. The van der Waals surface area contributed by atoms with Crippen LogP contribution in [0.25, 0.3) is 0 Å². The van der Waals surface area contributed by atoms with Gasteiger partial charge in [-0.25, -0.2) is 9.59 Å². The van der Waals surface area contributed by atoms with Gasteiger partial charge in [0.25, 0.3) is 0 Å². The Bertz CT molecular complexity index is 1010. The maximum absolute atomic E-state index is 12.9. The van der Waals surface area contributed by atoms with E-state index in [9.17, 15) is 19.2 Å². The zero-order valence-corrected chi connectivity index (χ0v) is 21.6. The number of ether oxygens (including phenoxy) is 2. The number of ketones is 1. The number of Topliss-reactive ketones (excluding diaryl/α,β-unsaturated/α-hetero) is 1. The number of carboxylic acid groups (broad SMARTS) is 1. The summed E-state index contributed by atoms with van der Waals surface area (Å²) in [5.41, 5.74) is 6.48. The van der Waals surface area contributed by atoms with Gasteiger partial charge in [0.1, 0.15) is 6.61 Å². The van der Waals surface area contributed by atoms with Crippen LogP contribution < -0.4 is 5.73 Å². The molecule has 0 unspecified atom stereocenters. The van der Waals surface area contributed by atoms with Crippen LogP contribution >= 0.6 is 0 Å². The van der Waals surface area contributed by atoms with Crippen LogP contribution in [0, 0.1) is 11.8 Å². The Morgan fingerprint density at radius 1 is 1.00 bits per heavy atom. The molecule has 4 N–H and O–H groups in total. The first kappa shape index (κ1) is 28.9. The molecule has 1 aromatic rings. The van der Waals surface area contributed by atoms with Gasteiger partial charge in [-0.2, -0.15) is 0 Å². The van der Waals surface area contributed by atoms with Crippen LogP contribution in [0.2, 0.25) is 0 Å². The van der Waals surface area contributed by atoms with Gasteiger partial charge in [-0.05, 0) is 31.6 Å². The molecule has 2 amide bonds. The summed E-state index contributed by atoms with van der Waals surface area (Å²) in [7, 11) is 0. The van der Waals surface area contributed by atoms with E-state index >= 15 is 0 Å². The number of amides is 2. The molecular formula is C26H36N4O8. The molecule has 0 radical (unpaired) electrons. The van der Waals surface area contributed by atoms with Crippen LogP contribution in [0.4, 0.5) is 4.79 Å². The SMILES string of the molecule is C[C@H](CC(=O)c1ccc(/C(N)=N/O)cc1)C(=O)N1CCC(OCC(=O)OCC2CCN(C(=O)O)CC2)CC1. The highest BCUT2D eigenvalue weighted by Crippen LogP contribution is 2.20. The first-order valence-corrected chi connectivity index (χ1v) is 12.8. The Labute approximate surface area is 221 Å². The van der Waals surface area contributed by atoms with Crippen molar-refractivity contribution in [2.45, 2.75) is 45.1 Å². The smallest absolute Gasteiger partial charge is 0.407 e. The van der Waals surface area contributed by atoms with Gasteiger partial charge < -0.3 is 35.3 Å². The van der Waals surface area contributed by atoms with E-state index in [0.29, 0.717) is 63.0 Å². The van der Waals surface area contributed by atoms with Gasteiger partial charge in [-0.1, -0.05) is 36.3 Å². The molecule has 2 aliphatic heterocycles. The van der Waals surface area contributed by atoms with E-state index in [1.807, 2.05) is 0 Å². The van der Waals surface area contributed by atoms with Gasteiger partial charge in [0, 0.05) is 49.6 Å². The Balaban J connectivity index is 1.33. The topological polar surface area (TPSA) is 172 Å². The molecule has 2 saturated heterocycles. The number of nitrogens with two attached hydrogens (primary N) is 1. The molecule has 2 aliphatic rings. The minimum absolute atomic E-state index is 0.0491. The van der Waals surface area contributed by atoms with Crippen LogP contribution in [0.1, 0.15) is 54.9 Å². The molecule has 1 atom stereocenters. The number of piperidine rings is 2.